The number of anilines is 1. The summed E-state index contributed by atoms with van der Waals surface area (Å²) >= 11 is 6.37. The first-order chi connectivity index (χ1) is 23.8. The van der Waals surface area contributed by atoms with Crippen LogP contribution in [-0.4, -0.2) is 88.4 Å². The third kappa shape index (κ3) is 6.48. The maximum absolute atomic E-state index is 17.1. The molecule has 2 fully saturated rings. The molecule has 0 aliphatic carbocycles. The fourth-order valence-corrected chi connectivity index (χ4v) is 7.04. The molecule has 3 aromatic heterocycles. The number of furan rings is 1. The highest BCUT2D eigenvalue weighted by Gasteiger charge is 2.48. The zero-order valence-corrected chi connectivity index (χ0v) is 29.0. The summed E-state index contributed by atoms with van der Waals surface area (Å²) in [5.41, 5.74) is -1.22. The molecule has 2 saturated heterocycles. The Morgan fingerprint density at radius 3 is 2.76 bits per heavy atom. The summed E-state index contributed by atoms with van der Waals surface area (Å²) in [5.74, 6) is -1.07. The highest BCUT2D eigenvalue weighted by atomic mass is 35.5. The zero-order valence-electron chi connectivity index (χ0n) is 28.2. The van der Waals surface area contributed by atoms with E-state index >= 15 is 4.39 Å². The first-order valence-corrected chi connectivity index (χ1v) is 17.0. The van der Waals surface area contributed by atoms with E-state index in [2.05, 4.69) is 10.3 Å². The van der Waals surface area contributed by atoms with Crippen LogP contribution in [0.5, 0.6) is 5.88 Å². The molecular weight excluding hydrogens is 671 g/mol. The second-order valence-electron chi connectivity index (χ2n) is 14.0. The van der Waals surface area contributed by atoms with Gasteiger partial charge in [0.15, 0.2) is 11.4 Å². The topological polar surface area (TPSA) is 149 Å². The third-order valence-electron chi connectivity index (χ3n) is 9.25. The molecule has 2 amide bonds. The Labute approximate surface area is 292 Å². The van der Waals surface area contributed by atoms with E-state index in [4.69, 9.17) is 40.2 Å². The number of rotatable bonds is 1. The van der Waals surface area contributed by atoms with E-state index in [0.717, 1.165) is 0 Å². The second kappa shape index (κ2) is 12.9. The molecule has 15 heteroatoms. The Bertz CT molecular complexity index is 1980. The number of ether oxygens (including phenoxy) is 3. The molecule has 0 radical (unpaired) electrons. The number of pyridine rings is 1. The SMILES string of the molecule is C[C@H]1CN2CC[C@]1(F)c1cc(Cl)cnc1O[C@H]1C[C@@H](C(=O)OC(C)(C)C)N(C1)c1nc(nc3c1oc1ccccc13)CC(=O)NCCOC2=O. The van der Waals surface area contributed by atoms with E-state index in [1.165, 1.54) is 17.2 Å². The Kier molecular flexibility index (Phi) is 8.69. The lowest BCUT2D eigenvalue weighted by molar-refractivity contribution is -0.156. The van der Waals surface area contributed by atoms with Crippen molar-refractivity contribution < 1.29 is 37.4 Å². The van der Waals surface area contributed by atoms with Gasteiger partial charge < -0.3 is 33.7 Å². The van der Waals surface area contributed by atoms with E-state index < -0.39 is 47.3 Å². The van der Waals surface area contributed by atoms with E-state index in [-0.39, 0.29) is 80.2 Å². The number of amides is 2. The molecule has 0 saturated carbocycles. The first-order valence-electron chi connectivity index (χ1n) is 16.7. The predicted octanol–water partition coefficient (Wildman–Crippen LogP) is 5.11. The van der Waals surface area contributed by atoms with Crippen LogP contribution in [-0.2, 0) is 31.2 Å². The van der Waals surface area contributed by atoms with Gasteiger partial charge in [-0.15, -0.1) is 0 Å². The van der Waals surface area contributed by atoms with Crippen molar-refractivity contribution in [3.63, 3.8) is 0 Å². The number of nitrogens with one attached hydrogen (secondary N) is 1. The molecular formula is C35H38ClFN6O7. The van der Waals surface area contributed by atoms with E-state index in [0.29, 0.717) is 22.1 Å². The van der Waals surface area contributed by atoms with Crippen LogP contribution in [0.2, 0.25) is 5.02 Å². The number of carbonyl (C=O) groups is 3. The largest absolute Gasteiger partial charge is 0.472 e. The van der Waals surface area contributed by atoms with Gasteiger partial charge in [-0.2, -0.15) is 0 Å². The minimum atomic E-state index is -1.94. The lowest BCUT2D eigenvalue weighted by Crippen LogP contribution is -2.49. The Morgan fingerprint density at radius 2 is 1.98 bits per heavy atom. The number of fused-ring (bicyclic) bond motifs is 11. The molecule has 4 aliphatic heterocycles. The molecule has 1 aromatic carbocycles. The number of halogens is 2. The van der Waals surface area contributed by atoms with Crippen LogP contribution in [0.4, 0.5) is 15.0 Å². The standard InChI is InChI=1S/C35H38ClFN6O7/c1-19-17-42-11-9-35(19,37)23-13-20(36)16-39-31(23)48-21-14-24(32(45)50-34(2,3)4)43(18-21)30-29-28(22-7-5-6-8-25(22)49-29)40-26(41-30)15-27(44)38-10-12-47-33(42)46/h5-8,13,16,19,21,24H,9-12,14-15,17-18H2,1-4H3,(H,38,44)/t19-,21-,24-,35+/m0/s1. The average molecular weight is 709 g/mol. The highest BCUT2D eigenvalue weighted by Crippen LogP contribution is 2.46. The van der Waals surface area contributed by atoms with Crippen molar-refractivity contribution in [2.75, 3.05) is 37.7 Å². The molecule has 8 rings (SSSR count). The number of hydrogen-bond donors (Lipinski definition) is 1. The van der Waals surface area contributed by atoms with E-state index in [1.54, 1.807) is 38.7 Å². The maximum atomic E-state index is 17.1. The first kappa shape index (κ1) is 33.8. The van der Waals surface area contributed by atoms with Gasteiger partial charge in [0.25, 0.3) is 0 Å². The van der Waals surface area contributed by atoms with Crippen LogP contribution in [0.25, 0.3) is 22.1 Å². The number of esters is 1. The van der Waals surface area contributed by atoms with Crippen molar-refractivity contribution in [3.8, 4) is 5.88 Å². The molecule has 264 valence electrons. The zero-order chi connectivity index (χ0) is 35.4. The molecule has 0 unspecified atom stereocenters. The summed E-state index contributed by atoms with van der Waals surface area (Å²) in [5, 5.41) is 3.69. The normalized spacial score (nSPS) is 24.8. The van der Waals surface area contributed by atoms with Gasteiger partial charge in [-0.3, -0.25) is 4.79 Å². The van der Waals surface area contributed by atoms with Crippen molar-refractivity contribution >= 4 is 57.5 Å². The van der Waals surface area contributed by atoms with Crippen molar-refractivity contribution in [1.29, 1.82) is 0 Å². The van der Waals surface area contributed by atoms with Crippen molar-refractivity contribution in [2.45, 2.75) is 70.4 Å². The molecule has 6 bridgehead atoms. The van der Waals surface area contributed by atoms with Gasteiger partial charge in [0, 0.05) is 43.4 Å². The van der Waals surface area contributed by atoms with Crippen molar-refractivity contribution in [1.82, 2.24) is 25.2 Å². The van der Waals surface area contributed by atoms with Gasteiger partial charge in [-0.25, -0.2) is 28.9 Å². The Morgan fingerprint density at radius 1 is 1.18 bits per heavy atom. The minimum absolute atomic E-state index is 0.0397. The van der Waals surface area contributed by atoms with Crippen molar-refractivity contribution in [3.05, 3.63) is 52.9 Å². The molecule has 13 nitrogen and oxygen atoms in total. The number of carbonyl (C=O) groups excluding carboxylic acids is 3. The summed E-state index contributed by atoms with van der Waals surface area (Å²) in [6.45, 7) is 7.29. The minimum Gasteiger partial charge on any atom is -0.472 e. The van der Waals surface area contributed by atoms with Gasteiger partial charge >= 0.3 is 12.1 Å². The Hall–Kier alpha value is -4.72. The number of alkyl halides is 1. The van der Waals surface area contributed by atoms with Crippen LogP contribution < -0.4 is 15.0 Å². The number of nitrogens with zero attached hydrogens (tertiary/aromatic N) is 5. The Balaban J connectivity index is 1.35. The molecule has 4 atom stereocenters. The summed E-state index contributed by atoms with van der Waals surface area (Å²) in [4.78, 5) is 56.9. The molecule has 0 spiro atoms. The molecule has 4 aromatic rings. The quantitative estimate of drug-likeness (QED) is 0.263. The number of hydrogen-bond acceptors (Lipinski definition) is 11. The lowest BCUT2D eigenvalue weighted by Gasteiger charge is -2.41. The van der Waals surface area contributed by atoms with E-state index in [1.807, 2.05) is 18.2 Å². The van der Waals surface area contributed by atoms with Gasteiger partial charge in [0.2, 0.25) is 11.8 Å². The maximum Gasteiger partial charge on any atom is 0.409 e. The van der Waals surface area contributed by atoms with Gasteiger partial charge in [0.1, 0.15) is 46.9 Å². The second-order valence-corrected chi connectivity index (χ2v) is 14.5. The third-order valence-corrected chi connectivity index (χ3v) is 9.46. The van der Waals surface area contributed by atoms with Crippen LogP contribution in [0.3, 0.4) is 0 Å². The van der Waals surface area contributed by atoms with Gasteiger partial charge in [-0.05, 0) is 39.0 Å². The van der Waals surface area contributed by atoms with Crippen LogP contribution in [0.1, 0.15) is 51.9 Å². The highest BCUT2D eigenvalue weighted by molar-refractivity contribution is 6.30. The summed E-state index contributed by atoms with van der Waals surface area (Å²) in [6, 6.07) is 7.96. The van der Waals surface area contributed by atoms with Crippen LogP contribution >= 0.6 is 11.6 Å². The van der Waals surface area contributed by atoms with Gasteiger partial charge in [-0.1, -0.05) is 30.7 Å². The monoisotopic (exact) mass is 708 g/mol. The lowest BCUT2D eigenvalue weighted by atomic mass is 9.79. The predicted molar refractivity (Wildman–Crippen MR) is 181 cm³/mol. The number of para-hydroxylation sites is 1. The number of benzene rings is 1. The number of aromatic nitrogens is 3. The van der Waals surface area contributed by atoms with E-state index in [9.17, 15) is 14.4 Å². The molecule has 1 N–H and O–H groups in total. The number of piperidine rings is 1. The fraction of sp³-hybridized carbons (Fsp3) is 0.486. The smallest absolute Gasteiger partial charge is 0.409 e. The fourth-order valence-electron chi connectivity index (χ4n) is 6.88. The van der Waals surface area contributed by atoms with Crippen molar-refractivity contribution in [2.24, 2.45) is 5.92 Å². The molecule has 7 heterocycles. The average Bonchev–Trinajstić information content (AvgIpc) is 3.65. The summed E-state index contributed by atoms with van der Waals surface area (Å²) in [7, 11) is 0. The molecule has 4 aliphatic rings. The summed E-state index contributed by atoms with van der Waals surface area (Å²) < 4.78 is 41.2. The van der Waals surface area contributed by atoms with Crippen LogP contribution in [0, 0.1) is 5.92 Å². The van der Waals surface area contributed by atoms with Gasteiger partial charge in [0.05, 0.1) is 30.1 Å². The molecule has 50 heavy (non-hydrogen) atoms. The summed E-state index contributed by atoms with van der Waals surface area (Å²) in [6.07, 6.45) is 0.00461. The van der Waals surface area contributed by atoms with Crippen LogP contribution in [0.15, 0.2) is 40.9 Å².